The molecule has 0 unspecified atom stereocenters. The summed E-state index contributed by atoms with van der Waals surface area (Å²) in [6.07, 6.45) is 1.16. The van der Waals surface area contributed by atoms with Gasteiger partial charge in [0.25, 0.3) is 0 Å². The lowest BCUT2D eigenvalue weighted by Crippen LogP contribution is -2.28. The van der Waals surface area contributed by atoms with Crippen molar-refractivity contribution in [3.05, 3.63) is 35.2 Å². The van der Waals surface area contributed by atoms with Gasteiger partial charge in [-0.1, -0.05) is 52.0 Å². The predicted molar refractivity (Wildman–Crippen MR) is 106 cm³/mol. The molecule has 0 saturated carbocycles. The summed E-state index contributed by atoms with van der Waals surface area (Å²) in [6.45, 7) is 10.1. The molecule has 0 aliphatic carbocycles. The lowest BCUT2D eigenvalue weighted by atomic mass is 10.0. The minimum absolute atomic E-state index is 0.135. The van der Waals surface area contributed by atoms with Crippen LogP contribution in [0.4, 0.5) is 5.13 Å². The molecule has 1 heterocycles. The fraction of sp³-hybridized carbons (Fsp3) is 0.500. The molecule has 2 aromatic rings. The lowest BCUT2D eigenvalue weighted by molar-refractivity contribution is -0.136. The van der Waals surface area contributed by atoms with Crippen LogP contribution < -0.4 is 4.90 Å². The van der Waals surface area contributed by atoms with Crippen LogP contribution in [-0.2, 0) is 4.79 Å². The molecule has 0 amide bonds. The van der Waals surface area contributed by atoms with Crippen molar-refractivity contribution in [2.75, 3.05) is 18.0 Å². The molecule has 1 N–H and O–H groups in total. The summed E-state index contributed by atoms with van der Waals surface area (Å²) in [5.74, 6) is 0.327. The van der Waals surface area contributed by atoms with Crippen molar-refractivity contribution in [1.82, 2.24) is 4.98 Å². The monoisotopic (exact) mass is 360 g/mol. The van der Waals surface area contributed by atoms with E-state index in [0.717, 1.165) is 29.4 Å². The highest BCUT2D eigenvalue weighted by Crippen LogP contribution is 2.29. The number of carboxylic acids is 1. The number of anilines is 1. The summed E-state index contributed by atoms with van der Waals surface area (Å²) in [7, 11) is 0. The van der Waals surface area contributed by atoms with Gasteiger partial charge in [0.15, 0.2) is 5.13 Å². The van der Waals surface area contributed by atoms with Crippen molar-refractivity contribution >= 4 is 22.4 Å². The van der Waals surface area contributed by atoms with E-state index in [9.17, 15) is 4.79 Å². The van der Waals surface area contributed by atoms with Gasteiger partial charge in [-0.15, -0.1) is 11.3 Å². The Labute approximate surface area is 154 Å². The van der Waals surface area contributed by atoms with Gasteiger partial charge in [0.05, 0.1) is 12.1 Å². The molecule has 0 spiro atoms. The van der Waals surface area contributed by atoms with Crippen LogP contribution in [0.5, 0.6) is 0 Å². The molecule has 136 valence electrons. The van der Waals surface area contributed by atoms with Gasteiger partial charge in [-0.2, -0.15) is 0 Å². The van der Waals surface area contributed by atoms with Crippen molar-refractivity contribution in [3.8, 4) is 11.3 Å². The zero-order valence-corrected chi connectivity index (χ0v) is 16.3. The largest absolute Gasteiger partial charge is 0.481 e. The third-order valence-corrected chi connectivity index (χ3v) is 5.11. The maximum atomic E-state index is 10.9. The number of hydrogen-bond acceptors (Lipinski definition) is 4. The Hall–Kier alpha value is -1.88. The maximum absolute atomic E-state index is 10.9. The quantitative estimate of drug-likeness (QED) is 0.662. The number of hydrogen-bond donors (Lipinski definition) is 1. The fourth-order valence-electron chi connectivity index (χ4n) is 2.53. The Kier molecular flexibility index (Phi) is 7.00. The highest BCUT2D eigenvalue weighted by molar-refractivity contribution is 7.14. The molecule has 1 aromatic heterocycles. The molecular weight excluding hydrogens is 332 g/mol. The van der Waals surface area contributed by atoms with Gasteiger partial charge in [-0.25, -0.2) is 4.98 Å². The summed E-state index contributed by atoms with van der Waals surface area (Å²) in [5.41, 5.74) is 3.38. The van der Waals surface area contributed by atoms with Crippen LogP contribution in [0.1, 0.15) is 52.0 Å². The highest BCUT2D eigenvalue weighted by atomic mass is 32.1. The zero-order valence-electron chi connectivity index (χ0n) is 15.5. The Bertz CT molecular complexity index is 677. The maximum Gasteiger partial charge on any atom is 0.305 e. The van der Waals surface area contributed by atoms with Gasteiger partial charge < -0.3 is 10.0 Å². The second kappa shape index (κ2) is 8.99. The summed E-state index contributed by atoms with van der Waals surface area (Å²) in [4.78, 5) is 17.8. The molecular formula is C20H28N2O2S. The van der Waals surface area contributed by atoms with Gasteiger partial charge >= 0.3 is 5.97 Å². The first-order valence-corrected chi connectivity index (χ1v) is 9.77. The zero-order chi connectivity index (χ0) is 18.4. The van der Waals surface area contributed by atoms with E-state index in [0.29, 0.717) is 18.4 Å². The standard InChI is InChI=1S/C20H28N2O2S/c1-14(2)9-11-22(12-10-19(23)24)20-21-18(13-25-20)17-7-5-16(6-8-17)15(3)4/h5-8,13-15H,9-12H2,1-4H3,(H,23,24). The Morgan fingerprint density at radius 1 is 1.16 bits per heavy atom. The third-order valence-electron chi connectivity index (χ3n) is 4.21. The topological polar surface area (TPSA) is 53.4 Å². The van der Waals surface area contributed by atoms with Gasteiger partial charge in [0.1, 0.15) is 0 Å². The van der Waals surface area contributed by atoms with Crippen LogP contribution in [0.3, 0.4) is 0 Å². The van der Waals surface area contributed by atoms with Gasteiger partial charge in [0.2, 0.25) is 0 Å². The Morgan fingerprint density at radius 3 is 2.40 bits per heavy atom. The van der Waals surface area contributed by atoms with E-state index in [2.05, 4.69) is 62.2 Å². The van der Waals surface area contributed by atoms with Crippen molar-refractivity contribution < 1.29 is 9.90 Å². The third kappa shape index (κ3) is 5.85. The number of carbonyl (C=O) groups is 1. The minimum atomic E-state index is -0.768. The van der Waals surface area contributed by atoms with E-state index in [1.165, 1.54) is 5.56 Å². The Morgan fingerprint density at radius 2 is 1.84 bits per heavy atom. The number of benzene rings is 1. The first-order chi connectivity index (χ1) is 11.9. The van der Waals surface area contributed by atoms with Crippen molar-refractivity contribution in [1.29, 1.82) is 0 Å². The van der Waals surface area contributed by atoms with Crippen molar-refractivity contribution in [3.63, 3.8) is 0 Å². The number of aromatic nitrogens is 1. The van der Waals surface area contributed by atoms with E-state index >= 15 is 0 Å². The molecule has 0 radical (unpaired) electrons. The SMILES string of the molecule is CC(C)CCN(CCC(=O)O)c1nc(-c2ccc(C(C)C)cc2)cs1. The summed E-state index contributed by atoms with van der Waals surface area (Å²) in [6, 6.07) is 8.54. The number of rotatable bonds is 9. The molecule has 5 heteroatoms. The molecule has 25 heavy (non-hydrogen) atoms. The summed E-state index contributed by atoms with van der Waals surface area (Å²) < 4.78 is 0. The van der Waals surface area contributed by atoms with E-state index < -0.39 is 5.97 Å². The van der Waals surface area contributed by atoms with Crippen molar-refractivity contribution in [2.24, 2.45) is 5.92 Å². The Balaban J connectivity index is 2.15. The van der Waals surface area contributed by atoms with Crippen molar-refractivity contribution in [2.45, 2.75) is 46.5 Å². The predicted octanol–water partition coefficient (Wildman–Crippen LogP) is 5.26. The molecule has 4 nitrogen and oxygen atoms in total. The smallest absolute Gasteiger partial charge is 0.305 e. The molecule has 0 fully saturated rings. The van der Waals surface area contributed by atoms with Crippen LogP contribution in [0, 0.1) is 5.92 Å². The van der Waals surface area contributed by atoms with Crippen LogP contribution in [0.25, 0.3) is 11.3 Å². The minimum Gasteiger partial charge on any atom is -0.481 e. The van der Waals surface area contributed by atoms with Gasteiger partial charge in [0, 0.05) is 24.0 Å². The van der Waals surface area contributed by atoms with Crippen LogP contribution >= 0.6 is 11.3 Å². The number of aliphatic carboxylic acids is 1. The molecule has 0 atom stereocenters. The molecule has 0 aliphatic rings. The average Bonchev–Trinajstić information content (AvgIpc) is 3.04. The first kappa shape index (κ1) is 19.4. The second-order valence-corrected chi connectivity index (χ2v) is 7.94. The summed E-state index contributed by atoms with van der Waals surface area (Å²) in [5, 5.41) is 12.0. The molecule has 1 aromatic carbocycles. The normalized spacial score (nSPS) is 11.3. The fourth-order valence-corrected chi connectivity index (χ4v) is 3.42. The molecule has 0 saturated heterocycles. The average molecular weight is 361 g/mol. The lowest BCUT2D eigenvalue weighted by Gasteiger charge is -2.22. The van der Waals surface area contributed by atoms with Gasteiger partial charge in [-0.05, 0) is 23.8 Å². The summed E-state index contributed by atoms with van der Waals surface area (Å²) >= 11 is 1.59. The number of carboxylic acid groups (broad SMARTS) is 1. The molecule has 2 rings (SSSR count). The van der Waals surface area contributed by atoms with Gasteiger partial charge in [-0.3, -0.25) is 4.79 Å². The van der Waals surface area contributed by atoms with Crippen LogP contribution in [0.15, 0.2) is 29.6 Å². The second-order valence-electron chi connectivity index (χ2n) is 7.11. The van der Waals surface area contributed by atoms with E-state index in [1.807, 2.05) is 0 Å². The number of nitrogens with zero attached hydrogens (tertiary/aromatic N) is 2. The number of thiazole rings is 1. The van der Waals surface area contributed by atoms with E-state index in [-0.39, 0.29) is 6.42 Å². The molecule has 0 bridgehead atoms. The highest BCUT2D eigenvalue weighted by Gasteiger charge is 2.14. The first-order valence-electron chi connectivity index (χ1n) is 8.89. The molecule has 0 aliphatic heterocycles. The van der Waals surface area contributed by atoms with E-state index in [4.69, 9.17) is 10.1 Å². The van der Waals surface area contributed by atoms with Crippen LogP contribution in [-0.4, -0.2) is 29.1 Å². The van der Waals surface area contributed by atoms with E-state index in [1.54, 1.807) is 11.3 Å². The van der Waals surface area contributed by atoms with Crippen LogP contribution in [0.2, 0.25) is 0 Å².